The lowest BCUT2D eigenvalue weighted by Crippen LogP contribution is -2.68. The maximum absolute atomic E-state index is 12.7. The van der Waals surface area contributed by atoms with Crippen LogP contribution in [0.4, 0.5) is 0 Å². The molecule has 1 fully saturated rings. The second-order valence-electron chi connectivity index (χ2n) is 8.18. The monoisotopic (exact) mass is 382 g/mol. The molecule has 0 aromatic rings. The Morgan fingerprint density at radius 3 is 2.27 bits per heavy atom. The van der Waals surface area contributed by atoms with Crippen LogP contribution in [-0.4, -0.2) is 51.1 Å². The van der Waals surface area contributed by atoms with Crippen molar-refractivity contribution in [3.8, 4) is 0 Å². The lowest BCUT2D eigenvalue weighted by atomic mass is 10.0. The summed E-state index contributed by atoms with van der Waals surface area (Å²) in [5.74, 6) is -1.01. The van der Waals surface area contributed by atoms with Crippen LogP contribution in [-0.2, 0) is 23.9 Å². The minimum atomic E-state index is -0.708. The van der Waals surface area contributed by atoms with Crippen LogP contribution in [0.5, 0.6) is 0 Å². The zero-order chi connectivity index (χ0) is 19.9. The molecular formula is C18H26N2O5S. The van der Waals surface area contributed by atoms with Gasteiger partial charge in [-0.05, 0) is 53.2 Å². The molecule has 2 heterocycles. The molecule has 1 saturated heterocycles. The fraction of sp³-hybridized carbons (Fsp3) is 0.611. The molecule has 0 aromatic heterocycles. The molecule has 7 nitrogen and oxygen atoms in total. The molecule has 144 valence electrons. The number of carbonyl (C=O) groups excluding carboxylic acids is 3. The molecule has 2 N–H and O–H groups in total. The molecule has 1 unspecified atom stereocenters. The SMILES string of the molecule is CC(C)(C)OC(=O)C=CC1=C(C(=O)OC(C)(C)C)N2C(=O)C(N)[C@H]2SC1. The van der Waals surface area contributed by atoms with E-state index in [1.165, 1.54) is 28.8 Å². The van der Waals surface area contributed by atoms with E-state index in [0.29, 0.717) is 11.3 Å². The summed E-state index contributed by atoms with van der Waals surface area (Å²) in [5, 5.41) is -0.288. The lowest BCUT2D eigenvalue weighted by Gasteiger charge is -2.48. The van der Waals surface area contributed by atoms with Crippen molar-refractivity contribution in [1.29, 1.82) is 0 Å². The van der Waals surface area contributed by atoms with Crippen molar-refractivity contribution in [3.63, 3.8) is 0 Å². The van der Waals surface area contributed by atoms with Gasteiger partial charge in [0.25, 0.3) is 0 Å². The summed E-state index contributed by atoms with van der Waals surface area (Å²) in [6.45, 7) is 10.6. The molecular weight excluding hydrogens is 356 g/mol. The molecule has 8 heteroatoms. The molecule has 2 aliphatic heterocycles. The van der Waals surface area contributed by atoms with Crippen molar-refractivity contribution < 1.29 is 23.9 Å². The third kappa shape index (κ3) is 4.67. The van der Waals surface area contributed by atoms with E-state index in [1.54, 1.807) is 41.5 Å². The van der Waals surface area contributed by atoms with E-state index in [9.17, 15) is 14.4 Å². The molecule has 2 aliphatic rings. The Labute approximate surface area is 157 Å². The average molecular weight is 382 g/mol. The van der Waals surface area contributed by atoms with E-state index < -0.39 is 29.2 Å². The number of allylic oxidation sites excluding steroid dienone is 1. The first-order valence-electron chi connectivity index (χ1n) is 8.38. The predicted octanol–water partition coefficient (Wildman–Crippen LogP) is 1.72. The van der Waals surface area contributed by atoms with Gasteiger partial charge in [0.2, 0.25) is 5.91 Å². The molecule has 0 bridgehead atoms. The number of nitrogens with two attached hydrogens (primary N) is 1. The highest BCUT2D eigenvalue weighted by atomic mass is 32.2. The fourth-order valence-corrected chi connectivity index (χ4v) is 3.75. The quantitative estimate of drug-likeness (QED) is 0.451. The number of fused-ring (bicyclic) bond motifs is 1. The number of ether oxygens (including phenoxy) is 2. The van der Waals surface area contributed by atoms with Crippen LogP contribution < -0.4 is 5.73 Å². The van der Waals surface area contributed by atoms with E-state index >= 15 is 0 Å². The third-order valence-corrected chi connectivity index (χ3v) is 4.78. The highest BCUT2D eigenvalue weighted by Gasteiger charge is 2.52. The van der Waals surface area contributed by atoms with Gasteiger partial charge in [0.1, 0.15) is 28.3 Å². The molecule has 26 heavy (non-hydrogen) atoms. The van der Waals surface area contributed by atoms with E-state index in [2.05, 4.69) is 0 Å². The molecule has 2 rings (SSSR count). The highest BCUT2D eigenvalue weighted by molar-refractivity contribution is 8.00. The number of β-lactam (4-membered cyclic amide) rings is 1. The zero-order valence-electron chi connectivity index (χ0n) is 16.0. The molecule has 2 atom stereocenters. The summed E-state index contributed by atoms with van der Waals surface area (Å²) in [6, 6.07) is -0.631. The van der Waals surface area contributed by atoms with Gasteiger partial charge in [0.15, 0.2) is 0 Å². The van der Waals surface area contributed by atoms with E-state index in [1.807, 2.05) is 0 Å². The van der Waals surface area contributed by atoms with Crippen molar-refractivity contribution in [1.82, 2.24) is 4.90 Å². The van der Waals surface area contributed by atoms with Crippen LogP contribution in [0.15, 0.2) is 23.4 Å². The van der Waals surface area contributed by atoms with Gasteiger partial charge in [0.05, 0.1) is 0 Å². The number of esters is 2. The Bertz CT molecular complexity index is 685. The summed E-state index contributed by atoms with van der Waals surface area (Å²) >= 11 is 1.45. The zero-order valence-corrected chi connectivity index (χ0v) is 16.8. The Morgan fingerprint density at radius 2 is 1.73 bits per heavy atom. The number of amides is 1. The van der Waals surface area contributed by atoms with Crippen LogP contribution in [0, 0.1) is 0 Å². The number of hydrogen-bond donors (Lipinski definition) is 1. The van der Waals surface area contributed by atoms with E-state index in [0.717, 1.165) is 0 Å². The Hall–Kier alpha value is -1.80. The van der Waals surface area contributed by atoms with Crippen molar-refractivity contribution in [3.05, 3.63) is 23.4 Å². The maximum atomic E-state index is 12.7. The molecule has 0 aromatic carbocycles. The topological polar surface area (TPSA) is 98.9 Å². The predicted molar refractivity (Wildman–Crippen MR) is 98.9 cm³/mol. The normalized spacial score (nSPS) is 23.7. The highest BCUT2D eigenvalue weighted by Crippen LogP contribution is 2.40. The number of nitrogens with zero attached hydrogens (tertiary/aromatic N) is 1. The number of carbonyl (C=O) groups is 3. The van der Waals surface area contributed by atoms with Gasteiger partial charge in [-0.25, -0.2) is 9.59 Å². The molecule has 1 amide bonds. The minimum Gasteiger partial charge on any atom is -0.457 e. The van der Waals surface area contributed by atoms with Crippen LogP contribution in [0.25, 0.3) is 0 Å². The smallest absolute Gasteiger partial charge is 0.355 e. The molecule has 0 spiro atoms. The van der Waals surface area contributed by atoms with Crippen molar-refractivity contribution in [2.75, 3.05) is 5.75 Å². The van der Waals surface area contributed by atoms with Gasteiger partial charge in [-0.3, -0.25) is 9.69 Å². The van der Waals surface area contributed by atoms with Gasteiger partial charge < -0.3 is 15.2 Å². The fourth-order valence-electron chi connectivity index (χ4n) is 2.49. The third-order valence-electron chi connectivity index (χ3n) is 3.46. The van der Waals surface area contributed by atoms with Gasteiger partial charge in [-0.15, -0.1) is 11.8 Å². The first-order chi connectivity index (χ1) is 11.8. The van der Waals surface area contributed by atoms with Gasteiger partial charge in [-0.2, -0.15) is 0 Å². The van der Waals surface area contributed by atoms with Crippen LogP contribution in [0.1, 0.15) is 41.5 Å². The summed E-state index contributed by atoms with van der Waals surface area (Å²) in [4.78, 5) is 38.1. The number of rotatable bonds is 3. The summed E-state index contributed by atoms with van der Waals surface area (Å²) in [7, 11) is 0. The minimum absolute atomic E-state index is 0.148. The second kappa shape index (κ2) is 7.08. The van der Waals surface area contributed by atoms with Crippen LogP contribution >= 0.6 is 11.8 Å². The van der Waals surface area contributed by atoms with Crippen LogP contribution in [0.2, 0.25) is 0 Å². The second-order valence-corrected chi connectivity index (χ2v) is 9.28. The standard InChI is InChI=1S/C18H26N2O5S/c1-17(2,3)24-11(21)8-7-10-9-26-15-12(19)14(22)20(15)13(10)16(23)25-18(4,5)6/h7-8,12,15H,9,19H2,1-6H3/t12?,15-/m1/s1. The Morgan fingerprint density at radius 1 is 1.15 bits per heavy atom. The Balaban J connectivity index is 2.32. The lowest BCUT2D eigenvalue weighted by molar-refractivity contribution is -0.158. The maximum Gasteiger partial charge on any atom is 0.355 e. The van der Waals surface area contributed by atoms with Gasteiger partial charge in [0, 0.05) is 11.8 Å². The molecule has 0 aliphatic carbocycles. The van der Waals surface area contributed by atoms with Crippen molar-refractivity contribution in [2.24, 2.45) is 5.73 Å². The average Bonchev–Trinajstić information content (AvgIpc) is 2.47. The van der Waals surface area contributed by atoms with Crippen molar-refractivity contribution in [2.45, 2.75) is 64.2 Å². The van der Waals surface area contributed by atoms with E-state index in [-0.39, 0.29) is 17.0 Å². The number of hydrogen-bond acceptors (Lipinski definition) is 7. The van der Waals surface area contributed by atoms with Crippen LogP contribution in [0.3, 0.4) is 0 Å². The van der Waals surface area contributed by atoms with E-state index in [4.69, 9.17) is 15.2 Å². The van der Waals surface area contributed by atoms with Gasteiger partial charge >= 0.3 is 11.9 Å². The first-order valence-corrected chi connectivity index (χ1v) is 9.43. The largest absolute Gasteiger partial charge is 0.457 e. The summed E-state index contributed by atoms with van der Waals surface area (Å²) < 4.78 is 10.7. The summed E-state index contributed by atoms with van der Waals surface area (Å²) in [6.07, 6.45) is 2.77. The number of thioether (sulfide) groups is 1. The Kier molecular flexibility index (Phi) is 5.58. The van der Waals surface area contributed by atoms with Crippen molar-refractivity contribution >= 4 is 29.6 Å². The summed E-state index contributed by atoms with van der Waals surface area (Å²) in [5.41, 5.74) is 5.18. The first kappa shape index (κ1) is 20.5. The molecule has 0 saturated carbocycles. The van der Waals surface area contributed by atoms with Gasteiger partial charge in [-0.1, -0.05) is 0 Å². The molecule has 0 radical (unpaired) electrons.